The van der Waals surface area contributed by atoms with Crippen LogP contribution in [0.4, 0.5) is 0 Å². The summed E-state index contributed by atoms with van der Waals surface area (Å²) in [6, 6.07) is 0. The molecule has 0 spiro atoms. The van der Waals surface area contributed by atoms with Gasteiger partial charge in [0.2, 0.25) is 0 Å². The molecule has 1 saturated heterocycles. The summed E-state index contributed by atoms with van der Waals surface area (Å²) in [4.78, 5) is 20.1. The van der Waals surface area contributed by atoms with Crippen molar-refractivity contribution < 1.29 is 19.4 Å². The highest BCUT2D eigenvalue weighted by Crippen LogP contribution is 2.06. The molecule has 0 aromatic carbocycles. The molecule has 0 bridgehead atoms. The fourth-order valence-corrected chi connectivity index (χ4v) is 0.806. The Morgan fingerprint density at radius 1 is 1.40 bits per heavy atom. The molecule has 0 radical (unpaired) electrons. The van der Waals surface area contributed by atoms with Gasteiger partial charge in [0.15, 0.2) is 0 Å². The number of aliphatic carboxylic acids is 1. The molecule has 1 heterocycles. The molecule has 0 unspecified atom stereocenters. The molecule has 4 nitrogen and oxygen atoms in total. The van der Waals surface area contributed by atoms with Crippen molar-refractivity contribution in [1.82, 2.24) is 0 Å². The van der Waals surface area contributed by atoms with Crippen molar-refractivity contribution in [1.29, 1.82) is 0 Å². The standard InChI is InChI=1S/C6H10O2.C4H6O2.H4Si/c7-6-4-2-1-3-5-8-6;1-3(2)4(5)6;/h1-5H2;1H2,2H3,(H,5,6);1H4. The topological polar surface area (TPSA) is 63.6 Å². The van der Waals surface area contributed by atoms with E-state index in [2.05, 4.69) is 6.58 Å². The minimum absolute atomic E-state index is 0. The lowest BCUT2D eigenvalue weighted by Crippen LogP contribution is -2.00. The number of carboxylic acids is 1. The molecule has 0 aromatic rings. The van der Waals surface area contributed by atoms with E-state index in [0.29, 0.717) is 13.0 Å². The zero-order chi connectivity index (χ0) is 11.0. The van der Waals surface area contributed by atoms with Gasteiger partial charge in [-0.05, 0) is 37.2 Å². The van der Waals surface area contributed by atoms with Gasteiger partial charge in [0, 0.05) is 12.0 Å². The third kappa shape index (κ3) is 10.8. The number of carbonyl (C=O) groups excluding carboxylic acids is 1. The molecular formula is C10H20O4Si. The van der Waals surface area contributed by atoms with E-state index in [1.807, 2.05) is 0 Å². The number of carbonyl (C=O) groups is 2. The summed E-state index contributed by atoms with van der Waals surface area (Å²) in [6.45, 7) is 5.24. The smallest absolute Gasteiger partial charge is 0.330 e. The summed E-state index contributed by atoms with van der Waals surface area (Å²) >= 11 is 0. The number of carboxylic acid groups (broad SMARTS) is 1. The highest BCUT2D eigenvalue weighted by Gasteiger charge is 2.05. The first-order chi connectivity index (χ1) is 6.54. The monoisotopic (exact) mass is 232 g/mol. The molecule has 0 saturated carbocycles. The minimum atomic E-state index is -0.935. The normalized spacial score (nSPS) is 14.6. The van der Waals surface area contributed by atoms with Crippen LogP contribution in [-0.2, 0) is 14.3 Å². The van der Waals surface area contributed by atoms with Gasteiger partial charge in [-0.1, -0.05) is 6.58 Å². The quantitative estimate of drug-likeness (QED) is 0.401. The maximum Gasteiger partial charge on any atom is 0.330 e. The molecule has 5 heteroatoms. The number of ether oxygens (including phenoxy) is 1. The Morgan fingerprint density at radius 2 is 1.93 bits per heavy atom. The number of hydrogen-bond donors (Lipinski definition) is 1. The molecule has 1 fully saturated rings. The van der Waals surface area contributed by atoms with Gasteiger partial charge in [0.05, 0.1) is 6.61 Å². The van der Waals surface area contributed by atoms with Gasteiger partial charge < -0.3 is 9.84 Å². The fraction of sp³-hybridized carbons (Fsp3) is 0.600. The van der Waals surface area contributed by atoms with Gasteiger partial charge >= 0.3 is 11.9 Å². The lowest BCUT2D eigenvalue weighted by Gasteiger charge is -1.93. The molecule has 1 aliphatic heterocycles. The number of rotatable bonds is 1. The van der Waals surface area contributed by atoms with Gasteiger partial charge in [0.1, 0.15) is 0 Å². The Morgan fingerprint density at radius 3 is 2.40 bits per heavy atom. The Hall–Kier alpha value is -1.10. The fourth-order valence-electron chi connectivity index (χ4n) is 0.806. The van der Waals surface area contributed by atoms with Crippen LogP contribution in [0.2, 0.25) is 0 Å². The van der Waals surface area contributed by atoms with Crippen LogP contribution >= 0.6 is 0 Å². The van der Waals surface area contributed by atoms with Crippen LogP contribution in [0.3, 0.4) is 0 Å². The molecule has 0 amide bonds. The lowest BCUT2D eigenvalue weighted by molar-refractivity contribution is -0.142. The summed E-state index contributed by atoms with van der Waals surface area (Å²) in [7, 11) is 0. The van der Waals surface area contributed by atoms with Crippen molar-refractivity contribution in [2.45, 2.75) is 32.6 Å². The Balaban J connectivity index is 0. The molecule has 1 N–H and O–H groups in total. The third-order valence-corrected chi connectivity index (χ3v) is 1.65. The van der Waals surface area contributed by atoms with Gasteiger partial charge in [-0.15, -0.1) is 0 Å². The molecule has 0 atom stereocenters. The second-order valence-corrected chi connectivity index (χ2v) is 3.12. The van der Waals surface area contributed by atoms with E-state index < -0.39 is 5.97 Å². The first-order valence-electron chi connectivity index (χ1n) is 4.58. The molecular weight excluding hydrogens is 212 g/mol. The first kappa shape index (κ1) is 16.3. The van der Waals surface area contributed by atoms with Crippen molar-refractivity contribution in [3.05, 3.63) is 12.2 Å². The number of esters is 1. The molecule has 0 aromatic heterocycles. The van der Waals surface area contributed by atoms with Gasteiger partial charge in [-0.3, -0.25) is 4.79 Å². The predicted octanol–water partition coefficient (Wildman–Crippen LogP) is 0.299. The largest absolute Gasteiger partial charge is 0.478 e. The van der Waals surface area contributed by atoms with E-state index >= 15 is 0 Å². The second kappa shape index (κ2) is 9.45. The number of hydrogen-bond acceptors (Lipinski definition) is 3. The van der Waals surface area contributed by atoms with Gasteiger partial charge in [0.25, 0.3) is 0 Å². The molecule has 1 aliphatic rings. The zero-order valence-electron chi connectivity index (χ0n) is 8.41. The van der Waals surface area contributed by atoms with Gasteiger partial charge in [-0.25, -0.2) is 4.79 Å². The first-order valence-corrected chi connectivity index (χ1v) is 4.58. The van der Waals surface area contributed by atoms with Crippen LogP contribution in [0.1, 0.15) is 32.6 Å². The van der Waals surface area contributed by atoms with Crippen LogP contribution < -0.4 is 0 Å². The molecule has 0 aliphatic carbocycles. The van der Waals surface area contributed by atoms with Crippen LogP contribution in [0.5, 0.6) is 0 Å². The van der Waals surface area contributed by atoms with Crippen LogP contribution in [0.15, 0.2) is 12.2 Å². The molecule has 1 rings (SSSR count). The minimum Gasteiger partial charge on any atom is -0.478 e. The van der Waals surface area contributed by atoms with E-state index in [0.717, 1.165) is 19.3 Å². The zero-order valence-corrected chi connectivity index (χ0v) is 8.41. The maximum atomic E-state index is 10.5. The van der Waals surface area contributed by atoms with E-state index in [-0.39, 0.29) is 22.5 Å². The van der Waals surface area contributed by atoms with Crippen molar-refractivity contribution in [2.75, 3.05) is 6.61 Å². The maximum absolute atomic E-state index is 10.5. The lowest BCUT2D eigenvalue weighted by atomic mass is 10.2. The molecule has 88 valence electrons. The summed E-state index contributed by atoms with van der Waals surface area (Å²) in [6.07, 6.45) is 3.83. The summed E-state index contributed by atoms with van der Waals surface area (Å²) in [5.74, 6) is -0.961. The van der Waals surface area contributed by atoms with Gasteiger partial charge in [-0.2, -0.15) is 0 Å². The predicted molar refractivity (Wildman–Crippen MR) is 63.2 cm³/mol. The van der Waals surface area contributed by atoms with Crippen molar-refractivity contribution in [3.63, 3.8) is 0 Å². The second-order valence-electron chi connectivity index (χ2n) is 3.12. The highest BCUT2D eigenvalue weighted by atomic mass is 28.1. The summed E-state index contributed by atoms with van der Waals surface area (Å²) in [5.41, 5.74) is 0.176. The van der Waals surface area contributed by atoms with Crippen LogP contribution in [0.25, 0.3) is 0 Å². The average Bonchev–Trinajstić information content (AvgIpc) is 2.33. The van der Waals surface area contributed by atoms with E-state index in [4.69, 9.17) is 9.84 Å². The van der Waals surface area contributed by atoms with Crippen molar-refractivity contribution in [3.8, 4) is 0 Å². The SMILES string of the molecule is C=C(C)C(=O)O.O=C1CCCCCO1.[SiH4]. The number of cyclic esters (lactones) is 1. The Kier molecular flexibility index (Phi) is 10.3. The van der Waals surface area contributed by atoms with Crippen LogP contribution in [-0.4, -0.2) is 34.6 Å². The third-order valence-electron chi connectivity index (χ3n) is 1.65. The Bertz CT molecular complexity index is 203. The molecule has 15 heavy (non-hydrogen) atoms. The average molecular weight is 232 g/mol. The van der Waals surface area contributed by atoms with E-state index in [1.165, 1.54) is 6.92 Å². The van der Waals surface area contributed by atoms with E-state index in [9.17, 15) is 9.59 Å². The van der Waals surface area contributed by atoms with Crippen molar-refractivity contribution >= 4 is 22.9 Å². The summed E-state index contributed by atoms with van der Waals surface area (Å²) < 4.78 is 4.76. The van der Waals surface area contributed by atoms with E-state index in [1.54, 1.807) is 0 Å². The van der Waals surface area contributed by atoms with Crippen molar-refractivity contribution in [2.24, 2.45) is 0 Å². The highest BCUT2D eigenvalue weighted by molar-refractivity contribution is 5.84. The Labute approximate surface area is 94.3 Å². The van der Waals surface area contributed by atoms with Crippen LogP contribution in [0, 0.1) is 0 Å². The summed E-state index contributed by atoms with van der Waals surface area (Å²) in [5, 5.41) is 7.89.